The van der Waals surface area contributed by atoms with E-state index in [1.54, 1.807) is 4.90 Å². The van der Waals surface area contributed by atoms with Crippen molar-refractivity contribution < 1.29 is 13.2 Å². The van der Waals surface area contributed by atoms with E-state index in [-0.39, 0.29) is 18.2 Å². The summed E-state index contributed by atoms with van der Waals surface area (Å²) in [7, 11) is -3.31. The highest BCUT2D eigenvalue weighted by atomic mass is 32.2. The lowest BCUT2D eigenvalue weighted by atomic mass is 10.1. The molecule has 0 atom stereocenters. The van der Waals surface area contributed by atoms with Crippen molar-refractivity contribution >= 4 is 15.9 Å². The number of hydrogen-bond acceptors (Lipinski definition) is 4. The van der Waals surface area contributed by atoms with Crippen LogP contribution < -0.4 is 5.32 Å². The average Bonchev–Trinajstić information content (AvgIpc) is 2.61. The molecule has 1 saturated heterocycles. The summed E-state index contributed by atoms with van der Waals surface area (Å²) in [5.74, 6) is -0.0201. The molecule has 2 rings (SSSR count). The smallest absolute Gasteiger partial charge is 0.227 e. The van der Waals surface area contributed by atoms with E-state index in [4.69, 9.17) is 0 Å². The van der Waals surface area contributed by atoms with Gasteiger partial charge >= 0.3 is 0 Å². The first kappa shape index (κ1) is 19.9. The molecule has 1 heterocycles. The first-order valence-electron chi connectivity index (χ1n) is 8.94. The number of rotatable bonds is 8. The molecule has 25 heavy (non-hydrogen) atoms. The lowest BCUT2D eigenvalue weighted by Crippen LogP contribution is -2.48. The molecule has 7 heteroatoms. The second-order valence-electron chi connectivity index (χ2n) is 6.51. The minimum Gasteiger partial charge on any atom is -0.341 e. The van der Waals surface area contributed by atoms with Gasteiger partial charge in [0.15, 0.2) is 0 Å². The molecule has 1 aliphatic rings. The molecule has 0 aliphatic carbocycles. The molecule has 0 saturated carbocycles. The maximum atomic E-state index is 12.6. The van der Waals surface area contributed by atoms with E-state index in [1.807, 2.05) is 38.1 Å². The van der Waals surface area contributed by atoms with Gasteiger partial charge in [0.25, 0.3) is 0 Å². The Bertz CT molecular complexity index is 653. The molecule has 0 spiro atoms. The Hall–Kier alpha value is -1.44. The molecular weight excluding hydrogens is 338 g/mol. The highest BCUT2D eigenvalue weighted by molar-refractivity contribution is 7.89. The van der Waals surface area contributed by atoms with Crippen LogP contribution in [0, 0.1) is 6.92 Å². The second kappa shape index (κ2) is 9.31. The monoisotopic (exact) mass is 367 g/mol. The summed E-state index contributed by atoms with van der Waals surface area (Å²) in [6.45, 7) is 7.23. The number of benzene rings is 1. The van der Waals surface area contributed by atoms with E-state index in [2.05, 4.69) is 5.32 Å². The summed E-state index contributed by atoms with van der Waals surface area (Å²) in [5, 5.41) is 3.15. The molecule has 140 valence electrons. The molecule has 0 radical (unpaired) electrons. The molecule has 0 bridgehead atoms. The Kier molecular flexibility index (Phi) is 7.40. The van der Waals surface area contributed by atoms with Crippen LogP contribution in [0.25, 0.3) is 0 Å². The Morgan fingerprint density at radius 3 is 2.40 bits per heavy atom. The van der Waals surface area contributed by atoms with Crippen LogP contribution in [0.4, 0.5) is 0 Å². The number of sulfonamides is 1. The lowest BCUT2D eigenvalue weighted by molar-refractivity contribution is -0.130. The standard InChI is InChI=1S/C18H29N3O3S/c1-3-10-20(18(22)15-17-6-4-16(2)5-7-17)13-14-25(23,24)21-11-8-19-9-12-21/h4-7,19H,3,8-15H2,1-2H3. The first-order chi connectivity index (χ1) is 11.9. The van der Waals surface area contributed by atoms with Crippen LogP contribution in [0.15, 0.2) is 24.3 Å². The number of nitrogens with one attached hydrogen (secondary N) is 1. The molecule has 1 fully saturated rings. The Balaban J connectivity index is 1.94. The highest BCUT2D eigenvalue weighted by Crippen LogP contribution is 2.08. The maximum Gasteiger partial charge on any atom is 0.227 e. The van der Waals surface area contributed by atoms with Gasteiger partial charge in [0.05, 0.1) is 12.2 Å². The summed E-state index contributed by atoms with van der Waals surface area (Å²) in [6.07, 6.45) is 1.13. The van der Waals surface area contributed by atoms with Crippen molar-refractivity contribution in [1.29, 1.82) is 0 Å². The van der Waals surface area contributed by atoms with Gasteiger partial charge in [-0.2, -0.15) is 4.31 Å². The predicted octanol–water partition coefficient (Wildman–Crippen LogP) is 1.01. The summed E-state index contributed by atoms with van der Waals surface area (Å²) in [4.78, 5) is 14.3. The summed E-state index contributed by atoms with van der Waals surface area (Å²) >= 11 is 0. The minimum atomic E-state index is -3.31. The van der Waals surface area contributed by atoms with E-state index in [9.17, 15) is 13.2 Å². The van der Waals surface area contributed by atoms with Crippen molar-refractivity contribution in [2.45, 2.75) is 26.7 Å². The van der Waals surface area contributed by atoms with E-state index < -0.39 is 10.0 Å². The third-order valence-corrected chi connectivity index (χ3v) is 6.26. The fourth-order valence-corrected chi connectivity index (χ4v) is 4.35. The van der Waals surface area contributed by atoms with Crippen LogP contribution in [-0.2, 0) is 21.2 Å². The number of hydrogen-bond donors (Lipinski definition) is 1. The predicted molar refractivity (Wildman–Crippen MR) is 100.0 cm³/mol. The van der Waals surface area contributed by atoms with Crippen molar-refractivity contribution in [3.8, 4) is 0 Å². The van der Waals surface area contributed by atoms with Crippen LogP contribution in [0.1, 0.15) is 24.5 Å². The number of aryl methyl sites for hydroxylation is 1. The third kappa shape index (κ3) is 6.09. The molecule has 1 aromatic carbocycles. The zero-order valence-electron chi connectivity index (χ0n) is 15.2. The molecule has 1 amide bonds. The zero-order valence-corrected chi connectivity index (χ0v) is 16.0. The van der Waals surface area contributed by atoms with Gasteiger partial charge in [-0.3, -0.25) is 4.79 Å². The van der Waals surface area contributed by atoms with Crippen LogP contribution in [0.5, 0.6) is 0 Å². The molecule has 1 aliphatic heterocycles. The van der Waals surface area contributed by atoms with Crippen LogP contribution in [-0.4, -0.2) is 68.6 Å². The van der Waals surface area contributed by atoms with Gasteiger partial charge in [0.1, 0.15) is 0 Å². The topological polar surface area (TPSA) is 69.7 Å². The van der Waals surface area contributed by atoms with Crippen LogP contribution >= 0.6 is 0 Å². The zero-order chi connectivity index (χ0) is 18.3. The van der Waals surface area contributed by atoms with Gasteiger partial charge < -0.3 is 10.2 Å². The molecule has 1 aromatic rings. The van der Waals surface area contributed by atoms with Gasteiger partial charge in [-0.05, 0) is 18.9 Å². The van der Waals surface area contributed by atoms with Gasteiger partial charge in [0, 0.05) is 39.3 Å². The normalized spacial score (nSPS) is 15.9. The maximum absolute atomic E-state index is 12.6. The first-order valence-corrected chi connectivity index (χ1v) is 10.5. The largest absolute Gasteiger partial charge is 0.341 e. The second-order valence-corrected chi connectivity index (χ2v) is 8.60. The SMILES string of the molecule is CCCN(CCS(=O)(=O)N1CCNCC1)C(=O)Cc1ccc(C)cc1. The molecule has 6 nitrogen and oxygen atoms in total. The summed E-state index contributed by atoms with van der Waals surface area (Å²) in [5.41, 5.74) is 2.12. The lowest BCUT2D eigenvalue weighted by Gasteiger charge is -2.28. The van der Waals surface area contributed by atoms with Crippen LogP contribution in [0.2, 0.25) is 0 Å². The third-order valence-electron chi connectivity index (χ3n) is 4.41. The van der Waals surface area contributed by atoms with E-state index >= 15 is 0 Å². The molecule has 0 unspecified atom stereocenters. The Morgan fingerprint density at radius 1 is 1.16 bits per heavy atom. The fourth-order valence-electron chi connectivity index (χ4n) is 2.90. The Labute approximate surface area is 151 Å². The van der Waals surface area contributed by atoms with Crippen molar-refractivity contribution in [3.05, 3.63) is 35.4 Å². The number of amides is 1. The molecule has 0 aromatic heterocycles. The number of carbonyl (C=O) groups excluding carboxylic acids is 1. The number of nitrogens with zero attached hydrogens (tertiary/aromatic N) is 2. The molecular formula is C18H29N3O3S. The van der Waals surface area contributed by atoms with Gasteiger partial charge in [-0.15, -0.1) is 0 Å². The highest BCUT2D eigenvalue weighted by Gasteiger charge is 2.25. The van der Waals surface area contributed by atoms with Crippen molar-refractivity contribution in [2.24, 2.45) is 0 Å². The number of piperazine rings is 1. The van der Waals surface area contributed by atoms with Crippen molar-refractivity contribution in [1.82, 2.24) is 14.5 Å². The average molecular weight is 368 g/mol. The summed E-state index contributed by atoms with van der Waals surface area (Å²) < 4.78 is 26.5. The molecule has 1 N–H and O–H groups in total. The minimum absolute atomic E-state index is 0.00730. The van der Waals surface area contributed by atoms with E-state index in [1.165, 1.54) is 4.31 Å². The summed E-state index contributed by atoms with van der Waals surface area (Å²) in [6, 6.07) is 7.88. The van der Waals surface area contributed by atoms with Crippen molar-refractivity contribution in [2.75, 3.05) is 45.0 Å². The van der Waals surface area contributed by atoms with E-state index in [0.717, 1.165) is 17.5 Å². The van der Waals surface area contributed by atoms with Gasteiger partial charge in [0.2, 0.25) is 15.9 Å². The number of carbonyl (C=O) groups is 1. The van der Waals surface area contributed by atoms with Gasteiger partial charge in [-0.25, -0.2) is 8.42 Å². The quantitative estimate of drug-likeness (QED) is 0.745. The van der Waals surface area contributed by atoms with Gasteiger partial charge in [-0.1, -0.05) is 36.8 Å². The van der Waals surface area contributed by atoms with Crippen LogP contribution in [0.3, 0.4) is 0 Å². The van der Waals surface area contributed by atoms with Crippen molar-refractivity contribution in [3.63, 3.8) is 0 Å². The van der Waals surface area contributed by atoms with E-state index in [0.29, 0.717) is 39.1 Å². The Morgan fingerprint density at radius 2 is 1.80 bits per heavy atom. The fraction of sp³-hybridized carbons (Fsp3) is 0.611.